The Bertz CT molecular complexity index is 625. The highest BCUT2D eigenvalue weighted by Crippen LogP contribution is 2.25. The number of rotatable bonds is 10. The Labute approximate surface area is 187 Å². The van der Waals surface area contributed by atoms with Crippen molar-refractivity contribution in [3.8, 4) is 0 Å². The van der Waals surface area contributed by atoms with Crippen LogP contribution in [0.4, 0.5) is 0 Å². The monoisotopic (exact) mass is 464 g/mol. The lowest BCUT2D eigenvalue weighted by atomic mass is 9.99. The normalized spacial score (nSPS) is 40.7. The summed E-state index contributed by atoms with van der Waals surface area (Å²) in [6.07, 6.45) is -8.09. The largest absolute Gasteiger partial charge is 0.388 e. The van der Waals surface area contributed by atoms with Gasteiger partial charge in [-0.3, -0.25) is 0 Å². The maximum atomic E-state index is 10.2. The molecule has 186 valence electrons. The van der Waals surface area contributed by atoms with Crippen LogP contribution < -0.4 is 0 Å². The van der Waals surface area contributed by atoms with Crippen molar-refractivity contribution in [1.29, 1.82) is 0 Å². The Morgan fingerprint density at radius 3 is 2.31 bits per heavy atom. The van der Waals surface area contributed by atoms with E-state index in [4.69, 9.17) is 18.9 Å². The van der Waals surface area contributed by atoms with Crippen LogP contribution in [0.5, 0.6) is 0 Å². The minimum Gasteiger partial charge on any atom is -0.388 e. The molecule has 0 radical (unpaired) electrons. The summed E-state index contributed by atoms with van der Waals surface area (Å²) in [6, 6.07) is 0. The van der Waals surface area contributed by atoms with Crippen molar-refractivity contribution in [1.82, 2.24) is 0 Å². The first-order chi connectivity index (χ1) is 15.0. The zero-order valence-corrected chi connectivity index (χ0v) is 18.4. The lowest BCUT2D eigenvalue weighted by Crippen LogP contribution is -2.60. The van der Waals surface area contributed by atoms with Crippen LogP contribution in [-0.2, 0) is 18.9 Å². The molecule has 0 aromatic rings. The smallest absolute Gasteiger partial charge is 0.187 e. The number of aliphatic hydroxyl groups excluding tert-OH is 6. The summed E-state index contributed by atoms with van der Waals surface area (Å²) in [7, 11) is 0. The maximum absolute atomic E-state index is 10.2. The van der Waals surface area contributed by atoms with Crippen LogP contribution in [0.25, 0.3) is 0 Å². The Balaban J connectivity index is 1.87. The minimum atomic E-state index is -1.57. The summed E-state index contributed by atoms with van der Waals surface area (Å²) in [5.74, 6) is 0. The van der Waals surface area contributed by atoms with E-state index in [-0.39, 0.29) is 19.8 Å². The molecule has 11 heteroatoms. The second-order valence-corrected chi connectivity index (χ2v) is 8.56. The van der Waals surface area contributed by atoms with E-state index in [1.807, 2.05) is 6.08 Å². The van der Waals surface area contributed by atoms with Gasteiger partial charge in [0.15, 0.2) is 12.6 Å². The second kappa shape index (κ2) is 12.0. The average Bonchev–Trinajstić information content (AvgIpc) is 2.75. The van der Waals surface area contributed by atoms with E-state index in [1.165, 1.54) is 6.08 Å². The van der Waals surface area contributed by atoms with Crippen LogP contribution in [0, 0.1) is 0 Å². The first-order valence-corrected chi connectivity index (χ1v) is 10.6. The summed E-state index contributed by atoms with van der Waals surface area (Å²) in [6.45, 7) is 6.50. The average molecular weight is 465 g/mol. The molecular formula is C21H36O11. The van der Waals surface area contributed by atoms with Crippen molar-refractivity contribution in [3.05, 3.63) is 24.3 Å². The molecule has 2 saturated heterocycles. The van der Waals surface area contributed by atoms with Crippen molar-refractivity contribution in [2.75, 3.05) is 19.8 Å². The molecular weight excluding hydrogens is 428 g/mol. The number of ether oxygens (including phenoxy) is 4. The molecule has 2 aliphatic heterocycles. The molecule has 0 aromatic heterocycles. The molecule has 32 heavy (non-hydrogen) atoms. The van der Waals surface area contributed by atoms with Gasteiger partial charge < -0.3 is 54.7 Å². The van der Waals surface area contributed by atoms with Gasteiger partial charge in [-0.25, -0.2) is 0 Å². The maximum Gasteiger partial charge on any atom is 0.187 e. The van der Waals surface area contributed by atoms with Gasteiger partial charge in [-0.15, -0.1) is 6.58 Å². The first-order valence-electron chi connectivity index (χ1n) is 10.6. The van der Waals surface area contributed by atoms with Gasteiger partial charge in [0.05, 0.1) is 25.4 Å². The molecule has 2 rings (SSSR count). The van der Waals surface area contributed by atoms with Crippen LogP contribution >= 0.6 is 0 Å². The molecule has 7 N–H and O–H groups in total. The van der Waals surface area contributed by atoms with E-state index < -0.39 is 60.9 Å². The van der Waals surface area contributed by atoms with Crippen LogP contribution in [-0.4, -0.2) is 116 Å². The van der Waals surface area contributed by atoms with Crippen LogP contribution in [0.1, 0.15) is 26.7 Å². The molecule has 2 heterocycles. The lowest BCUT2D eigenvalue weighted by molar-refractivity contribution is -0.319. The Hall–Kier alpha value is -0.960. The fraction of sp³-hybridized carbons (Fsp3) is 0.810. The first kappa shape index (κ1) is 27.3. The number of hydrogen-bond acceptors (Lipinski definition) is 11. The van der Waals surface area contributed by atoms with Crippen molar-refractivity contribution in [3.63, 3.8) is 0 Å². The van der Waals surface area contributed by atoms with Crippen LogP contribution in [0.2, 0.25) is 0 Å². The Kier molecular flexibility index (Phi) is 10.2. The summed E-state index contributed by atoms with van der Waals surface area (Å²) in [4.78, 5) is 0. The topological polar surface area (TPSA) is 179 Å². The van der Waals surface area contributed by atoms with Crippen LogP contribution in [0.3, 0.4) is 0 Å². The van der Waals surface area contributed by atoms with Gasteiger partial charge >= 0.3 is 0 Å². The lowest BCUT2D eigenvalue weighted by Gasteiger charge is -2.41. The second-order valence-electron chi connectivity index (χ2n) is 8.56. The van der Waals surface area contributed by atoms with Gasteiger partial charge in [0.2, 0.25) is 0 Å². The number of allylic oxidation sites excluding steroid dienone is 1. The van der Waals surface area contributed by atoms with E-state index in [0.29, 0.717) is 12.8 Å². The molecule has 0 saturated carbocycles. The summed E-state index contributed by atoms with van der Waals surface area (Å²) < 4.78 is 21.6. The molecule has 0 aromatic carbocycles. The van der Waals surface area contributed by atoms with Gasteiger partial charge in [-0.05, 0) is 26.7 Å². The van der Waals surface area contributed by atoms with Gasteiger partial charge in [0.1, 0.15) is 42.7 Å². The van der Waals surface area contributed by atoms with E-state index in [0.717, 1.165) is 5.57 Å². The molecule has 10 unspecified atom stereocenters. The highest BCUT2D eigenvalue weighted by Gasteiger charge is 2.45. The van der Waals surface area contributed by atoms with Crippen molar-refractivity contribution in [2.24, 2.45) is 0 Å². The Morgan fingerprint density at radius 1 is 1.00 bits per heavy atom. The van der Waals surface area contributed by atoms with E-state index in [2.05, 4.69) is 6.58 Å². The number of hydrogen-bond donors (Lipinski definition) is 7. The minimum absolute atomic E-state index is 0.0723. The van der Waals surface area contributed by atoms with E-state index in [9.17, 15) is 35.7 Å². The molecule has 2 fully saturated rings. The zero-order valence-electron chi connectivity index (χ0n) is 18.4. The van der Waals surface area contributed by atoms with Gasteiger partial charge in [-0.1, -0.05) is 17.7 Å². The third-order valence-electron chi connectivity index (χ3n) is 5.61. The van der Waals surface area contributed by atoms with E-state index >= 15 is 0 Å². The van der Waals surface area contributed by atoms with Gasteiger partial charge in [-0.2, -0.15) is 0 Å². The van der Waals surface area contributed by atoms with Gasteiger partial charge in [0, 0.05) is 0 Å². The fourth-order valence-corrected chi connectivity index (χ4v) is 3.29. The quantitative estimate of drug-likeness (QED) is 0.177. The molecule has 11 nitrogen and oxygen atoms in total. The SMILES string of the molecule is C=CC(C)(O)CCC=C(C)COC1OC(COC2OCC(O)C(O)C2O)C(O)C(O)C1O. The molecule has 2 aliphatic rings. The van der Waals surface area contributed by atoms with Crippen molar-refractivity contribution >= 4 is 0 Å². The highest BCUT2D eigenvalue weighted by atomic mass is 16.7. The third-order valence-corrected chi connectivity index (χ3v) is 5.61. The summed E-state index contributed by atoms with van der Waals surface area (Å²) in [5, 5.41) is 69.6. The van der Waals surface area contributed by atoms with Gasteiger partial charge in [0.25, 0.3) is 0 Å². The molecule has 10 atom stereocenters. The molecule has 0 spiro atoms. The van der Waals surface area contributed by atoms with Crippen molar-refractivity contribution in [2.45, 2.75) is 87.6 Å². The standard InChI is InChI=1S/C21H36O11/c1-4-21(3,28)7-5-6-11(2)8-29-20-18(27)16(25)15(24)13(32-20)10-31-19-17(26)14(23)12(22)9-30-19/h4,6,12-20,22-28H,1,5,7-10H2,2-3H3. The Morgan fingerprint density at radius 2 is 1.66 bits per heavy atom. The van der Waals surface area contributed by atoms with Crippen molar-refractivity contribution < 1.29 is 54.7 Å². The summed E-state index contributed by atoms with van der Waals surface area (Å²) in [5.41, 5.74) is -0.169. The summed E-state index contributed by atoms with van der Waals surface area (Å²) >= 11 is 0. The predicted molar refractivity (Wildman–Crippen MR) is 110 cm³/mol. The zero-order chi connectivity index (χ0) is 24.1. The highest BCUT2D eigenvalue weighted by molar-refractivity contribution is 5.01. The molecule has 0 bridgehead atoms. The molecule has 0 aliphatic carbocycles. The van der Waals surface area contributed by atoms with Crippen LogP contribution in [0.15, 0.2) is 24.3 Å². The number of aliphatic hydroxyl groups is 7. The fourth-order valence-electron chi connectivity index (χ4n) is 3.29. The van der Waals surface area contributed by atoms with E-state index in [1.54, 1.807) is 13.8 Å². The third kappa shape index (κ3) is 7.27. The predicted octanol–water partition coefficient (Wildman–Crippen LogP) is -2.07. The molecule has 0 amide bonds.